The molecule has 13 heavy (non-hydrogen) atoms. The number of hydrogen-bond donors (Lipinski definition) is 2. The summed E-state index contributed by atoms with van der Waals surface area (Å²) in [6.07, 6.45) is 4.00. The first-order valence-electron chi connectivity index (χ1n) is 4.22. The zero-order valence-electron chi connectivity index (χ0n) is 7.68. The summed E-state index contributed by atoms with van der Waals surface area (Å²) in [6.45, 7) is 0.334. The van der Waals surface area contributed by atoms with E-state index in [1.807, 2.05) is 17.8 Å². The summed E-state index contributed by atoms with van der Waals surface area (Å²) in [4.78, 5) is 4.15. The number of aliphatic hydroxyl groups excluding tert-OH is 1. The van der Waals surface area contributed by atoms with Crippen molar-refractivity contribution in [3.8, 4) is 0 Å². The molecule has 1 unspecified atom stereocenters. The molecule has 74 valence electrons. The van der Waals surface area contributed by atoms with Crippen LogP contribution in [0.3, 0.4) is 0 Å². The molecule has 0 aromatic carbocycles. The highest BCUT2D eigenvalue weighted by atomic mass is 32.2. The topological polar surface area (TPSA) is 64.1 Å². The Labute approximate surface area is 82.2 Å². The van der Waals surface area contributed by atoms with Gasteiger partial charge >= 0.3 is 0 Å². The minimum atomic E-state index is -0.382. The third-order valence-corrected chi connectivity index (χ3v) is 2.82. The normalized spacial score (nSPS) is 13.2. The van der Waals surface area contributed by atoms with Gasteiger partial charge in [-0.1, -0.05) is 11.8 Å². The van der Waals surface area contributed by atoms with Crippen LogP contribution < -0.4 is 5.73 Å². The number of aliphatic hydroxyl groups is 1. The maximum absolute atomic E-state index is 9.19. The first kappa shape index (κ1) is 10.6. The van der Waals surface area contributed by atoms with Gasteiger partial charge in [0.2, 0.25) is 0 Å². The van der Waals surface area contributed by atoms with Gasteiger partial charge in [0.25, 0.3) is 0 Å². The largest absolute Gasteiger partial charge is 0.392 e. The summed E-state index contributed by atoms with van der Waals surface area (Å²) in [7, 11) is 1.95. The molecule has 0 fully saturated rings. The van der Waals surface area contributed by atoms with Crippen LogP contribution in [-0.4, -0.2) is 33.1 Å². The van der Waals surface area contributed by atoms with Gasteiger partial charge in [-0.3, -0.25) is 0 Å². The molecule has 1 aromatic rings. The lowest BCUT2D eigenvalue weighted by Crippen LogP contribution is -2.20. The molecule has 5 heteroatoms. The van der Waals surface area contributed by atoms with E-state index in [1.54, 1.807) is 18.0 Å². The second-order valence-electron chi connectivity index (χ2n) is 2.85. The number of imidazole rings is 1. The van der Waals surface area contributed by atoms with E-state index in [9.17, 15) is 5.11 Å². The highest BCUT2D eigenvalue weighted by Crippen LogP contribution is 2.15. The standard InChI is InChI=1S/C8H15N3OS/c1-11-4-3-10-8(11)13-5-2-7(12)6-9/h3-4,7,12H,2,5-6,9H2,1H3. The Morgan fingerprint density at radius 1 is 1.77 bits per heavy atom. The zero-order valence-corrected chi connectivity index (χ0v) is 8.50. The second-order valence-corrected chi connectivity index (χ2v) is 3.91. The van der Waals surface area contributed by atoms with Gasteiger partial charge in [-0.2, -0.15) is 0 Å². The van der Waals surface area contributed by atoms with Crippen molar-refractivity contribution in [3.05, 3.63) is 12.4 Å². The molecular weight excluding hydrogens is 186 g/mol. The van der Waals surface area contributed by atoms with Gasteiger partial charge < -0.3 is 15.4 Å². The maximum Gasteiger partial charge on any atom is 0.167 e. The van der Waals surface area contributed by atoms with Crippen LogP contribution in [0.2, 0.25) is 0 Å². The average Bonchev–Trinajstić information content (AvgIpc) is 2.52. The van der Waals surface area contributed by atoms with Crippen molar-refractivity contribution >= 4 is 11.8 Å². The van der Waals surface area contributed by atoms with E-state index in [-0.39, 0.29) is 6.10 Å². The lowest BCUT2D eigenvalue weighted by molar-refractivity contribution is 0.180. The van der Waals surface area contributed by atoms with E-state index in [4.69, 9.17) is 5.73 Å². The molecule has 0 aliphatic heterocycles. The minimum Gasteiger partial charge on any atom is -0.392 e. The molecule has 3 N–H and O–H groups in total. The predicted octanol–water partition coefficient (Wildman–Crippen LogP) is 0.222. The van der Waals surface area contributed by atoms with Crippen LogP contribution in [0.15, 0.2) is 17.6 Å². The SMILES string of the molecule is Cn1ccnc1SCCC(O)CN. The van der Waals surface area contributed by atoms with Crippen LogP contribution in [0.4, 0.5) is 0 Å². The molecule has 0 aliphatic carbocycles. The van der Waals surface area contributed by atoms with Crippen molar-refractivity contribution in [1.29, 1.82) is 0 Å². The molecule has 4 nitrogen and oxygen atoms in total. The number of nitrogens with zero attached hydrogens (tertiary/aromatic N) is 2. The Hall–Kier alpha value is -0.520. The van der Waals surface area contributed by atoms with Crippen LogP contribution in [0, 0.1) is 0 Å². The van der Waals surface area contributed by atoms with Gasteiger partial charge in [0.1, 0.15) is 0 Å². The summed E-state index contributed by atoms with van der Waals surface area (Å²) >= 11 is 1.63. The molecule has 0 aliphatic rings. The van der Waals surface area contributed by atoms with Crippen molar-refractivity contribution in [2.45, 2.75) is 17.7 Å². The molecule has 0 bridgehead atoms. The van der Waals surface area contributed by atoms with Crippen LogP contribution in [0.1, 0.15) is 6.42 Å². The number of hydrogen-bond acceptors (Lipinski definition) is 4. The third-order valence-electron chi connectivity index (χ3n) is 1.73. The highest BCUT2D eigenvalue weighted by molar-refractivity contribution is 7.99. The van der Waals surface area contributed by atoms with E-state index < -0.39 is 0 Å². The Balaban J connectivity index is 2.24. The number of aromatic nitrogens is 2. The van der Waals surface area contributed by atoms with Gasteiger partial charge in [0.15, 0.2) is 5.16 Å². The number of nitrogens with two attached hydrogens (primary N) is 1. The van der Waals surface area contributed by atoms with Crippen molar-refractivity contribution < 1.29 is 5.11 Å². The minimum absolute atomic E-state index is 0.334. The summed E-state index contributed by atoms with van der Waals surface area (Å²) in [5, 5.41) is 10.2. The fourth-order valence-corrected chi connectivity index (χ4v) is 1.87. The first-order chi connectivity index (χ1) is 6.24. The fourth-order valence-electron chi connectivity index (χ4n) is 0.895. The average molecular weight is 201 g/mol. The van der Waals surface area contributed by atoms with Crippen molar-refractivity contribution in [2.75, 3.05) is 12.3 Å². The monoisotopic (exact) mass is 201 g/mol. The Bertz CT molecular complexity index is 251. The lowest BCUT2D eigenvalue weighted by Gasteiger charge is -2.06. The van der Waals surface area contributed by atoms with Crippen LogP contribution >= 0.6 is 11.8 Å². The van der Waals surface area contributed by atoms with E-state index in [1.165, 1.54) is 0 Å². The van der Waals surface area contributed by atoms with Crippen molar-refractivity contribution in [2.24, 2.45) is 12.8 Å². The molecule has 1 aromatic heterocycles. The Morgan fingerprint density at radius 3 is 3.08 bits per heavy atom. The Kier molecular flexibility index (Phi) is 4.27. The molecule has 0 saturated heterocycles. The third kappa shape index (κ3) is 3.38. The van der Waals surface area contributed by atoms with E-state index in [2.05, 4.69) is 4.98 Å². The molecule has 0 spiro atoms. The van der Waals surface area contributed by atoms with Crippen LogP contribution in [0.25, 0.3) is 0 Å². The van der Waals surface area contributed by atoms with Crippen LogP contribution in [-0.2, 0) is 7.05 Å². The number of thioether (sulfide) groups is 1. The molecule has 0 radical (unpaired) electrons. The summed E-state index contributed by atoms with van der Waals surface area (Å²) < 4.78 is 1.96. The van der Waals surface area contributed by atoms with Crippen LogP contribution in [0.5, 0.6) is 0 Å². The second kappa shape index (κ2) is 5.26. The van der Waals surface area contributed by atoms with Gasteiger partial charge in [0, 0.05) is 31.7 Å². The van der Waals surface area contributed by atoms with Gasteiger partial charge in [0.05, 0.1) is 6.10 Å². The zero-order chi connectivity index (χ0) is 9.68. The molecule has 1 rings (SSSR count). The highest BCUT2D eigenvalue weighted by Gasteiger charge is 2.03. The van der Waals surface area contributed by atoms with Crippen molar-refractivity contribution in [3.63, 3.8) is 0 Å². The molecule has 0 saturated carbocycles. The fraction of sp³-hybridized carbons (Fsp3) is 0.625. The summed E-state index contributed by atoms with van der Waals surface area (Å²) in [5.41, 5.74) is 5.28. The van der Waals surface area contributed by atoms with Crippen molar-refractivity contribution in [1.82, 2.24) is 9.55 Å². The van der Waals surface area contributed by atoms with Gasteiger partial charge in [-0.25, -0.2) is 4.98 Å². The predicted molar refractivity (Wildman–Crippen MR) is 53.6 cm³/mol. The molecule has 0 amide bonds. The first-order valence-corrected chi connectivity index (χ1v) is 5.21. The smallest absolute Gasteiger partial charge is 0.167 e. The molecule has 1 atom stereocenters. The van der Waals surface area contributed by atoms with Gasteiger partial charge in [-0.15, -0.1) is 0 Å². The lowest BCUT2D eigenvalue weighted by atomic mass is 10.3. The number of aryl methyl sites for hydroxylation is 1. The quantitative estimate of drug-likeness (QED) is 0.669. The molecular formula is C8H15N3OS. The summed E-state index contributed by atoms with van der Waals surface area (Å²) in [5.74, 6) is 0.850. The number of rotatable bonds is 5. The Morgan fingerprint density at radius 2 is 2.54 bits per heavy atom. The van der Waals surface area contributed by atoms with Gasteiger partial charge in [-0.05, 0) is 6.42 Å². The van der Waals surface area contributed by atoms with E-state index in [0.717, 1.165) is 10.9 Å². The maximum atomic E-state index is 9.19. The van der Waals surface area contributed by atoms with E-state index >= 15 is 0 Å². The van der Waals surface area contributed by atoms with E-state index in [0.29, 0.717) is 13.0 Å². The molecule has 1 heterocycles. The summed E-state index contributed by atoms with van der Waals surface area (Å²) in [6, 6.07) is 0.